The van der Waals surface area contributed by atoms with Crippen LogP contribution in [0.2, 0.25) is 0 Å². The van der Waals surface area contributed by atoms with Crippen LogP contribution in [0.5, 0.6) is 5.75 Å². The van der Waals surface area contributed by atoms with E-state index in [2.05, 4.69) is 10.4 Å². The van der Waals surface area contributed by atoms with Crippen molar-refractivity contribution < 1.29 is 14.3 Å². The van der Waals surface area contributed by atoms with Gasteiger partial charge in [0.15, 0.2) is 11.6 Å². The summed E-state index contributed by atoms with van der Waals surface area (Å²) in [7, 11) is 1.87. The normalized spacial score (nSPS) is 20.0. The zero-order valence-electron chi connectivity index (χ0n) is 18.4. The minimum atomic E-state index is -0.851. The number of aryl methyl sites for hydroxylation is 4. The van der Waals surface area contributed by atoms with Crippen molar-refractivity contribution in [2.24, 2.45) is 13.0 Å². The Labute approximate surface area is 181 Å². The number of ketones is 2. The van der Waals surface area contributed by atoms with Gasteiger partial charge in [0.25, 0.3) is 0 Å². The Morgan fingerprint density at radius 2 is 1.84 bits per heavy atom. The molecule has 2 aliphatic rings. The van der Waals surface area contributed by atoms with Gasteiger partial charge in [0, 0.05) is 30.8 Å². The highest BCUT2D eigenvalue weighted by Gasteiger charge is 2.53. The Morgan fingerprint density at radius 3 is 2.58 bits per heavy atom. The third-order valence-electron chi connectivity index (χ3n) is 7.00. The molecule has 0 bridgehead atoms. The molecule has 1 N–H and O–H groups in total. The number of aromatic nitrogens is 2. The van der Waals surface area contributed by atoms with Crippen molar-refractivity contribution in [2.45, 2.75) is 39.2 Å². The Morgan fingerprint density at radius 1 is 1.13 bits per heavy atom. The van der Waals surface area contributed by atoms with E-state index in [-0.39, 0.29) is 11.6 Å². The first-order chi connectivity index (χ1) is 14.8. The van der Waals surface area contributed by atoms with E-state index >= 15 is 0 Å². The molecule has 1 atom stereocenters. The van der Waals surface area contributed by atoms with E-state index in [1.54, 1.807) is 4.68 Å². The van der Waals surface area contributed by atoms with Crippen LogP contribution in [0.25, 0.3) is 10.9 Å². The number of carbonyl (C=O) groups is 2. The lowest BCUT2D eigenvalue weighted by molar-refractivity contribution is -0.0138. The molecular weight excluding hydrogens is 390 g/mol. The molecule has 2 aliphatic heterocycles. The summed E-state index contributed by atoms with van der Waals surface area (Å²) in [6, 6.07) is 9.41. The Balaban J connectivity index is 1.64. The lowest BCUT2D eigenvalue weighted by Crippen LogP contribution is -2.58. The maximum atomic E-state index is 13.9. The molecule has 0 radical (unpaired) electrons. The number of rotatable bonds is 2. The standard InChI is InChI=1S/C25H27N3O3/c1-14-11-19-21(12-15(14)2)31-25(7-9-26-10-8-25)22(24(19)30)23(29)17-5-6-18-16(3)27-28(4)20(18)13-17/h5-6,11-13,22,26H,7-10H2,1-4H3. The maximum Gasteiger partial charge on any atom is 0.181 e. The molecule has 1 saturated heterocycles. The molecule has 5 rings (SSSR count). The lowest BCUT2D eigenvalue weighted by Gasteiger charge is -2.45. The van der Waals surface area contributed by atoms with Crippen molar-refractivity contribution in [3.63, 3.8) is 0 Å². The largest absolute Gasteiger partial charge is 0.485 e. The summed E-state index contributed by atoms with van der Waals surface area (Å²) in [4.78, 5) is 27.6. The van der Waals surface area contributed by atoms with Crippen LogP contribution in [0.1, 0.15) is 50.4 Å². The molecule has 2 aromatic carbocycles. The van der Waals surface area contributed by atoms with Crippen LogP contribution in [0.3, 0.4) is 0 Å². The number of ether oxygens (including phenoxy) is 1. The van der Waals surface area contributed by atoms with Crippen molar-refractivity contribution in [3.8, 4) is 5.75 Å². The molecule has 3 heterocycles. The first-order valence-electron chi connectivity index (χ1n) is 10.8. The van der Waals surface area contributed by atoms with Gasteiger partial charge < -0.3 is 10.1 Å². The maximum absolute atomic E-state index is 13.9. The number of nitrogens with zero attached hydrogens (tertiary/aromatic N) is 2. The van der Waals surface area contributed by atoms with Crippen LogP contribution in [0.15, 0.2) is 30.3 Å². The average Bonchev–Trinajstić information content (AvgIpc) is 3.03. The number of Topliss-reactive ketones (excluding diaryl/α,β-unsaturated/α-hetero) is 2. The molecule has 1 unspecified atom stereocenters. The summed E-state index contributed by atoms with van der Waals surface area (Å²) in [6.45, 7) is 7.39. The molecule has 6 nitrogen and oxygen atoms in total. The van der Waals surface area contributed by atoms with Crippen molar-refractivity contribution in [2.75, 3.05) is 13.1 Å². The van der Waals surface area contributed by atoms with Crippen molar-refractivity contribution >= 4 is 22.5 Å². The summed E-state index contributed by atoms with van der Waals surface area (Å²) in [6.07, 6.45) is 1.24. The average molecular weight is 418 g/mol. The summed E-state index contributed by atoms with van der Waals surface area (Å²) in [5.41, 5.74) is 4.14. The van der Waals surface area contributed by atoms with Crippen LogP contribution in [0.4, 0.5) is 0 Å². The topological polar surface area (TPSA) is 73.2 Å². The number of hydrogen-bond acceptors (Lipinski definition) is 5. The molecule has 0 saturated carbocycles. The lowest BCUT2D eigenvalue weighted by atomic mass is 9.70. The van der Waals surface area contributed by atoms with Gasteiger partial charge in [-0.15, -0.1) is 0 Å². The summed E-state index contributed by atoms with van der Waals surface area (Å²) >= 11 is 0. The second kappa shape index (κ2) is 7.02. The van der Waals surface area contributed by atoms with E-state index in [0.29, 0.717) is 29.7 Å². The van der Waals surface area contributed by atoms with E-state index in [1.807, 2.05) is 58.2 Å². The monoisotopic (exact) mass is 417 g/mol. The van der Waals surface area contributed by atoms with Crippen molar-refractivity contribution in [1.29, 1.82) is 0 Å². The number of benzene rings is 2. The zero-order chi connectivity index (χ0) is 21.9. The highest BCUT2D eigenvalue weighted by molar-refractivity contribution is 6.19. The molecule has 1 spiro atoms. The Bertz CT molecular complexity index is 1230. The minimum Gasteiger partial charge on any atom is -0.485 e. The predicted molar refractivity (Wildman–Crippen MR) is 119 cm³/mol. The SMILES string of the molecule is Cc1cc2c(cc1C)C(=O)C(C(=O)c1ccc3c(C)nn(C)c3c1)C1(CCNCC1)O2. The van der Waals surface area contributed by atoms with E-state index in [0.717, 1.165) is 40.8 Å². The van der Waals surface area contributed by atoms with Crippen LogP contribution in [-0.4, -0.2) is 40.0 Å². The first-order valence-corrected chi connectivity index (χ1v) is 10.8. The van der Waals surface area contributed by atoms with Crippen LogP contribution < -0.4 is 10.1 Å². The molecular formula is C25H27N3O3. The second-order valence-electron chi connectivity index (χ2n) is 8.95. The number of piperidine rings is 1. The summed E-state index contributed by atoms with van der Waals surface area (Å²) in [5, 5.41) is 8.80. The first kappa shape index (κ1) is 19.9. The quantitative estimate of drug-likeness (QED) is 0.509. The fraction of sp³-hybridized carbons (Fsp3) is 0.400. The van der Waals surface area contributed by atoms with Crippen LogP contribution in [0, 0.1) is 26.7 Å². The number of nitrogens with one attached hydrogen (secondary N) is 1. The summed E-state index contributed by atoms with van der Waals surface area (Å²) in [5.74, 6) is -0.540. The Hall–Kier alpha value is -2.99. The van der Waals surface area contributed by atoms with Crippen LogP contribution >= 0.6 is 0 Å². The Kier molecular flexibility index (Phi) is 4.52. The van der Waals surface area contributed by atoms with Gasteiger partial charge in [-0.2, -0.15) is 5.10 Å². The van der Waals surface area contributed by atoms with E-state index in [9.17, 15) is 9.59 Å². The predicted octanol–water partition coefficient (Wildman–Crippen LogP) is 3.69. The van der Waals surface area contributed by atoms with Gasteiger partial charge in [-0.25, -0.2) is 0 Å². The fourth-order valence-corrected chi connectivity index (χ4v) is 5.10. The molecule has 31 heavy (non-hydrogen) atoms. The van der Waals surface area contributed by atoms with Crippen LogP contribution in [-0.2, 0) is 7.05 Å². The zero-order valence-corrected chi connectivity index (χ0v) is 18.4. The minimum absolute atomic E-state index is 0.127. The van der Waals surface area contributed by atoms with Gasteiger partial charge in [0.2, 0.25) is 0 Å². The van der Waals surface area contributed by atoms with E-state index in [4.69, 9.17) is 4.74 Å². The molecule has 3 aromatic rings. The van der Waals surface area contributed by atoms with Crippen molar-refractivity contribution in [1.82, 2.24) is 15.1 Å². The van der Waals surface area contributed by atoms with Gasteiger partial charge >= 0.3 is 0 Å². The molecule has 0 aliphatic carbocycles. The van der Waals surface area contributed by atoms with Gasteiger partial charge in [-0.1, -0.05) is 12.1 Å². The number of carbonyl (C=O) groups excluding carboxylic acids is 2. The van der Waals surface area contributed by atoms with E-state index in [1.165, 1.54) is 0 Å². The number of fused-ring (bicyclic) bond motifs is 2. The second-order valence-corrected chi connectivity index (χ2v) is 8.95. The molecule has 1 aromatic heterocycles. The van der Waals surface area contributed by atoms with Crippen molar-refractivity contribution in [3.05, 3.63) is 58.3 Å². The molecule has 0 amide bonds. The highest BCUT2D eigenvalue weighted by atomic mass is 16.5. The summed E-state index contributed by atoms with van der Waals surface area (Å²) < 4.78 is 8.32. The molecule has 1 fully saturated rings. The van der Waals surface area contributed by atoms with Gasteiger partial charge in [-0.05, 0) is 63.2 Å². The fourth-order valence-electron chi connectivity index (χ4n) is 5.10. The smallest absolute Gasteiger partial charge is 0.181 e. The van der Waals surface area contributed by atoms with Gasteiger partial charge in [0.1, 0.15) is 17.3 Å². The van der Waals surface area contributed by atoms with Gasteiger partial charge in [0.05, 0.1) is 16.8 Å². The molecule has 160 valence electrons. The third kappa shape index (κ3) is 3.00. The van der Waals surface area contributed by atoms with Gasteiger partial charge in [-0.3, -0.25) is 14.3 Å². The number of hydrogen-bond donors (Lipinski definition) is 1. The van der Waals surface area contributed by atoms with E-state index < -0.39 is 11.5 Å². The molecule has 6 heteroatoms. The highest BCUT2D eigenvalue weighted by Crippen LogP contribution is 2.44. The third-order valence-corrected chi connectivity index (χ3v) is 7.00.